The van der Waals surface area contributed by atoms with Crippen LogP contribution in [0.2, 0.25) is 0 Å². The molecule has 236 valence electrons. The van der Waals surface area contributed by atoms with Crippen LogP contribution in [0.25, 0.3) is 10.6 Å². The lowest BCUT2D eigenvalue weighted by Gasteiger charge is -2.43. The first kappa shape index (κ1) is 30.8. The van der Waals surface area contributed by atoms with E-state index in [1.165, 1.54) is 4.90 Å². The highest BCUT2D eigenvalue weighted by molar-refractivity contribution is 7.91. The highest BCUT2D eigenvalue weighted by Crippen LogP contribution is 2.43. The fourth-order valence-corrected chi connectivity index (χ4v) is 8.85. The number of nitrogens with zero attached hydrogens (tertiary/aromatic N) is 5. The maximum atomic E-state index is 14.2. The van der Waals surface area contributed by atoms with Crippen molar-refractivity contribution >= 4 is 44.4 Å². The second kappa shape index (κ2) is 11.3. The summed E-state index contributed by atoms with van der Waals surface area (Å²) in [7, 11) is -1.75. The van der Waals surface area contributed by atoms with E-state index in [2.05, 4.69) is 52.0 Å². The van der Waals surface area contributed by atoms with E-state index in [1.807, 2.05) is 19.1 Å². The Hall–Kier alpha value is -3.23. The molecule has 2 fully saturated rings. The molecular weight excluding hydrogens is 613 g/mol. The summed E-state index contributed by atoms with van der Waals surface area (Å²) in [6.45, 7) is 8.22. The number of aryl methyl sites for hydroxylation is 1. The standard InChI is InChI=1S/C30H35F3N6O3S2/c1-5-19-12-21(38-15-17(2)37(4)18(3)16-38)8-9-23(19)35-29-34-14-22(30(31,32)33)26(36-29)24-13-25-27(43-24)28(40)39(20-6-7-20)10-11-44(25,41)42/h8-9,12-14,17-18,20H,5-7,10-11,15-16H2,1-4H3,(H,34,35,36)/t17-,18+. The molecule has 2 aliphatic heterocycles. The van der Waals surface area contributed by atoms with Crippen LogP contribution in [-0.2, 0) is 22.4 Å². The van der Waals surface area contributed by atoms with Crippen LogP contribution in [0.5, 0.6) is 0 Å². The number of alkyl halides is 3. The molecule has 14 heteroatoms. The molecule has 2 aromatic heterocycles. The molecule has 6 rings (SSSR count). The number of benzene rings is 1. The highest BCUT2D eigenvalue weighted by atomic mass is 32.2. The van der Waals surface area contributed by atoms with Crippen LogP contribution in [0.1, 0.15) is 54.4 Å². The molecule has 1 N–H and O–H groups in total. The minimum absolute atomic E-state index is 0.0306. The van der Waals surface area contributed by atoms with Gasteiger partial charge < -0.3 is 15.1 Å². The van der Waals surface area contributed by atoms with Crippen molar-refractivity contribution in [1.29, 1.82) is 0 Å². The van der Waals surface area contributed by atoms with Crippen LogP contribution >= 0.6 is 11.3 Å². The normalized spacial score (nSPS) is 22.6. The SMILES string of the molecule is CCc1cc(N2C[C@@H](C)N(C)[C@@H](C)C2)ccc1Nc1ncc(C(F)(F)F)c(-c2cc3c(s2)C(=O)N(C2CC2)CCS3(=O)=O)n1. The number of hydrogen-bond acceptors (Lipinski definition) is 9. The lowest BCUT2D eigenvalue weighted by atomic mass is 10.1. The quantitative estimate of drug-likeness (QED) is 0.377. The first-order valence-corrected chi connectivity index (χ1v) is 17.2. The molecule has 1 aliphatic carbocycles. The van der Waals surface area contributed by atoms with Gasteiger partial charge in [-0.1, -0.05) is 6.92 Å². The van der Waals surface area contributed by atoms with Gasteiger partial charge in [-0.2, -0.15) is 13.2 Å². The molecule has 2 atom stereocenters. The lowest BCUT2D eigenvalue weighted by molar-refractivity contribution is -0.137. The second-order valence-corrected chi connectivity index (χ2v) is 15.0. The van der Waals surface area contributed by atoms with Gasteiger partial charge in [0.05, 0.1) is 21.2 Å². The average molecular weight is 649 g/mol. The number of carbonyl (C=O) groups excluding carboxylic acids is 1. The minimum Gasteiger partial charge on any atom is -0.368 e. The first-order chi connectivity index (χ1) is 20.8. The summed E-state index contributed by atoms with van der Waals surface area (Å²) in [5.74, 6) is -0.796. The summed E-state index contributed by atoms with van der Waals surface area (Å²) < 4.78 is 68.7. The Morgan fingerprint density at radius 1 is 1.11 bits per heavy atom. The van der Waals surface area contributed by atoms with Crippen molar-refractivity contribution in [2.24, 2.45) is 0 Å². The second-order valence-electron chi connectivity index (χ2n) is 11.9. The Morgan fingerprint density at radius 3 is 2.45 bits per heavy atom. The third kappa shape index (κ3) is 5.79. The molecule has 1 aromatic carbocycles. The van der Waals surface area contributed by atoms with Crippen LogP contribution in [-0.4, -0.2) is 84.7 Å². The van der Waals surface area contributed by atoms with Gasteiger partial charge in [0.1, 0.15) is 10.4 Å². The van der Waals surface area contributed by atoms with Gasteiger partial charge in [-0.3, -0.25) is 9.69 Å². The van der Waals surface area contributed by atoms with E-state index in [1.54, 1.807) is 0 Å². The number of piperazine rings is 1. The van der Waals surface area contributed by atoms with Gasteiger partial charge in [0.2, 0.25) is 5.95 Å². The molecule has 1 saturated heterocycles. The maximum Gasteiger partial charge on any atom is 0.420 e. The van der Waals surface area contributed by atoms with Crippen LogP contribution in [0.15, 0.2) is 35.4 Å². The van der Waals surface area contributed by atoms with E-state index in [-0.39, 0.29) is 38.9 Å². The van der Waals surface area contributed by atoms with Crippen molar-refractivity contribution in [2.45, 2.75) is 69.2 Å². The molecule has 0 spiro atoms. The number of nitrogens with one attached hydrogen (secondary N) is 1. The zero-order chi connectivity index (χ0) is 31.6. The average Bonchev–Trinajstić information content (AvgIpc) is 3.71. The van der Waals surface area contributed by atoms with Crippen molar-refractivity contribution in [3.8, 4) is 10.6 Å². The molecule has 1 saturated carbocycles. The third-order valence-corrected chi connectivity index (χ3v) is 11.8. The number of anilines is 3. The van der Waals surface area contributed by atoms with Crippen LogP contribution in [0, 0.1) is 0 Å². The predicted octanol–water partition coefficient (Wildman–Crippen LogP) is 5.45. The number of sulfone groups is 1. The van der Waals surface area contributed by atoms with Gasteiger partial charge >= 0.3 is 6.18 Å². The number of hydrogen-bond donors (Lipinski definition) is 1. The molecule has 1 amide bonds. The van der Waals surface area contributed by atoms with E-state index in [0.717, 1.165) is 54.6 Å². The number of thiophene rings is 1. The summed E-state index contributed by atoms with van der Waals surface area (Å²) in [5.41, 5.74) is 1.11. The van der Waals surface area contributed by atoms with Gasteiger partial charge in [0.25, 0.3) is 5.91 Å². The number of halogens is 3. The number of likely N-dealkylation sites (N-methyl/N-ethyl adjacent to an activating group) is 1. The molecule has 3 aliphatic rings. The Kier molecular flexibility index (Phi) is 7.90. The molecule has 0 bridgehead atoms. The van der Waals surface area contributed by atoms with Gasteiger partial charge in [-0.25, -0.2) is 18.4 Å². The number of aromatic nitrogens is 2. The third-order valence-electron chi connectivity index (χ3n) is 8.85. The minimum atomic E-state index is -4.80. The Balaban J connectivity index is 1.35. The summed E-state index contributed by atoms with van der Waals surface area (Å²) in [4.78, 5) is 27.4. The molecule has 4 heterocycles. The Bertz CT molecular complexity index is 1690. The van der Waals surface area contributed by atoms with Crippen molar-refractivity contribution in [3.63, 3.8) is 0 Å². The first-order valence-electron chi connectivity index (χ1n) is 14.8. The topological polar surface area (TPSA) is 98.7 Å². The van der Waals surface area contributed by atoms with Crippen LogP contribution in [0.4, 0.5) is 30.5 Å². The number of amides is 1. The monoisotopic (exact) mass is 648 g/mol. The lowest BCUT2D eigenvalue weighted by Crippen LogP contribution is -2.55. The molecule has 44 heavy (non-hydrogen) atoms. The van der Waals surface area contributed by atoms with Gasteiger partial charge in [0.15, 0.2) is 9.84 Å². The summed E-state index contributed by atoms with van der Waals surface area (Å²) >= 11 is 0.735. The van der Waals surface area contributed by atoms with Crippen molar-refractivity contribution in [2.75, 3.05) is 42.7 Å². The highest BCUT2D eigenvalue weighted by Gasteiger charge is 2.42. The van der Waals surface area contributed by atoms with Crippen LogP contribution < -0.4 is 10.2 Å². The van der Waals surface area contributed by atoms with Crippen molar-refractivity contribution in [1.82, 2.24) is 19.8 Å². The number of fused-ring (bicyclic) bond motifs is 1. The van der Waals surface area contributed by atoms with Gasteiger partial charge in [-0.05, 0) is 70.0 Å². The van der Waals surface area contributed by atoms with E-state index in [9.17, 15) is 26.4 Å². The molecule has 0 unspecified atom stereocenters. The van der Waals surface area contributed by atoms with Gasteiger partial charge in [-0.15, -0.1) is 11.3 Å². The predicted molar refractivity (Wildman–Crippen MR) is 164 cm³/mol. The number of carbonyl (C=O) groups is 1. The largest absolute Gasteiger partial charge is 0.420 e. The Morgan fingerprint density at radius 2 is 1.82 bits per heavy atom. The zero-order valence-electron chi connectivity index (χ0n) is 25.0. The molecule has 0 radical (unpaired) electrons. The summed E-state index contributed by atoms with van der Waals surface area (Å²) in [5, 5.41) is 3.09. The summed E-state index contributed by atoms with van der Waals surface area (Å²) in [6.07, 6.45) is -1.86. The fourth-order valence-electron chi connectivity index (χ4n) is 5.93. The van der Waals surface area contributed by atoms with E-state index >= 15 is 0 Å². The fraction of sp³-hybridized carbons (Fsp3) is 0.500. The number of rotatable bonds is 6. The van der Waals surface area contributed by atoms with E-state index in [0.29, 0.717) is 30.4 Å². The summed E-state index contributed by atoms with van der Waals surface area (Å²) in [6, 6.07) is 7.84. The molecular formula is C30H35F3N6O3S2. The zero-order valence-corrected chi connectivity index (χ0v) is 26.6. The van der Waals surface area contributed by atoms with Crippen molar-refractivity contribution < 1.29 is 26.4 Å². The van der Waals surface area contributed by atoms with Crippen molar-refractivity contribution in [3.05, 3.63) is 46.5 Å². The Labute approximate surface area is 259 Å². The van der Waals surface area contributed by atoms with Gasteiger partial charge in [0, 0.05) is 55.3 Å². The van der Waals surface area contributed by atoms with E-state index in [4.69, 9.17) is 0 Å². The maximum absolute atomic E-state index is 14.2. The van der Waals surface area contributed by atoms with Crippen LogP contribution in [0.3, 0.4) is 0 Å². The smallest absolute Gasteiger partial charge is 0.368 e. The molecule has 3 aromatic rings. The molecule has 9 nitrogen and oxygen atoms in total. The van der Waals surface area contributed by atoms with E-state index < -0.39 is 33.2 Å².